The van der Waals surface area contributed by atoms with Crippen LogP contribution in [0.3, 0.4) is 0 Å². The third kappa shape index (κ3) is 4.95. The van der Waals surface area contributed by atoms with Gasteiger partial charge in [-0.05, 0) is 26.0 Å². The minimum Gasteiger partial charge on any atom is -0.481 e. The first-order valence-electron chi connectivity index (χ1n) is 6.12. The summed E-state index contributed by atoms with van der Waals surface area (Å²) in [6.45, 7) is 3.92. The Bertz CT molecular complexity index is 443. The molecule has 0 aliphatic rings. The van der Waals surface area contributed by atoms with Crippen LogP contribution in [0.15, 0.2) is 18.3 Å². The summed E-state index contributed by atoms with van der Waals surface area (Å²) in [7, 11) is 0. The molecule has 0 atom stereocenters. The van der Waals surface area contributed by atoms with Crippen LogP contribution in [0.2, 0.25) is 0 Å². The van der Waals surface area contributed by atoms with Gasteiger partial charge in [0.2, 0.25) is 5.91 Å². The number of pyridine rings is 1. The molecular formula is C13H19N3O3. The third-order valence-electron chi connectivity index (χ3n) is 2.69. The number of carbonyl (C=O) groups excluding carboxylic acids is 1. The van der Waals surface area contributed by atoms with Crippen molar-refractivity contribution < 1.29 is 14.7 Å². The minimum absolute atomic E-state index is 0.0411. The van der Waals surface area contributed by atoms with Crippen LogP contribution in [0, 0.1) is 0 Å². The third-order valence-corrected chi connectivity index (χ3v) is 2.69. The van der Waals surface area contributed by atoms with Crippen molar-refractivity contribution in [3.63, 3.8) is 0 Å². The zero-order valence-corrected chi connectivity index (χ0v) is 11.2. The molecule has 0 bridgehead atoms. The Kier molecular flexibility index (Phi) is 5.29. The van der Waals surface area contributed by atoms with Crippen LogP contribution < -0.4 is 5.73 Å². The van der Waals surface area contributed by atoms with E-state index in [0.717, 1.165) is 0 Å². The molecule has 1 aromatic heterocycles. The summed E-state index contributed by atoms with van der Waals surface area (Å²) in [6.07, 6.45) is 1.59. The molecule has 0 unspecified atom stereocenters. The number of rotatable bonds is 6. The lowest BCUT2D eigenvalue weighted by Gasteiger charge is -2.26. The normalized spacial score (nSPS) is 10.5. The van der Waals surface area contributed by atoms with E-state index in [-0.39, 0.29) is 31.3 Å². The largest absolute Gasteiger partial charge is 0.481 e. The Balaban J connectivity index is 2.66. The van der Waals surface area contributed by atoms with Gasteiger partial charge in [-0.25, -0.2) is 0 Å². The highest BCUT2D eigenvalue weighted by atomic mass is 16.4. The van der Waals surface area contributed by atoms with Crippen molar-refractivity contribution in [3.05, 3.63) is 24.0 Å². The van der Waals surface area contributed by atoms with Gasteiger partial charge in [0.15, 0.2) is 0 Å². The summed E-state index contributed by atoms with van der Waals surface area (Å²) in [5.41, 5.74) is 6.69. The summed E-state index contributed by atoms with van der Waals surface area (Å²) in [6, 6.07) is 3.34. The molecule has 104 valence electrons. The standard InChI is InChI=1S/C13H19N3O3/c1-9(2)16(6-5-13(18)19)12(17)7-11-4-3-10(14)8-15-11/h3-4,8-9H,5-7,14H2,1-2H3,(H,18,19). The van der Waals surface area contributed by atoms with Crippen molar-refractivity contribution in [3.8, 4) is 0 Å². The summed E-state index contributed by atoms with van der Waals surface area (Å²) < 4.78 is 0. The van der Waals surface area contributed by atoms with Gasteiger partial charge in [0.1, 0.15) is 0 Å². The predicted octanol–water partition coefficient (Wildman–Crippen LogP) is 0.918. The van der Waals surface area contributed by atoms with Crippen molar-refractivity contribution in [1.82, 2.24) is 9.88 Å². The van der Waals surface area contributed by atoms with E-state index in [4.69, 9.17) is 10.8 Å². The number of carboxylic acid groups (broad SMARTS) is 1. The summed E-state index contributed by atoms with van der Waals surface area (Å²) in [5, 5.41) is 8.68. The van der Waals surface area contributed by atoms with E-state index in [1.165, 1.54) is 6.20 Å². The number of hydrogen-bond donors (Lipinski definition) is 2. The molecule has 19 heavy (non-hydrogen) atoms. The number of carboxylic acids is 1. The predicted molar refractivity (Wildman–Crippen MR) is 71.5 cm³/mol. The number of anilines is 1. The van der Waals surface area contributed by atoms with Crippen LogP contribution in [0.4, 0.5) is 5.69 Å². The van der Waals surface area contributed by atoms with Crippen LogP contribution >= 0.6 is 0 Å². The molecule has 0 aromatic carbocycles. The second kappa shape index (κ2) is 6.72. The van der Waals surface area contributed by atoms with E-state index in [9.17, 15) is 9.59 Å². The summed E-state index contributed by atoms with van der Waals surface area (Å²) >= 11 is 0. The molecule has 6 heteroatoms. The molecule has 0 aliphatic heterocycles. The molecule has 0 radical (unpaired) electrons. The van der Waals surface area contributed by atoms with Gasteiger partial charge >= 0.3 is 5.97 Å². The minimum atomic E-state index is -0.913. The number of nitrogens with two attached hydrogens (primary N) is 1. The van der Waals surface area contributed by atoms with E-state index < -0.39 is 5.97 Å². The van der Waals surface area contributed by atoms with Crippen LogP contribution in [0.1, 0.15) is 26.0 Å². The van der Waals surface area contributed by atoms with E-state index in [1.54, 1.807) is 17.0 Å². The zero-order chi connectivity index (χ0) is 14.4. The van der Waals surface area contributed by atoms with Crippen molar-refractivity contribution in [2.45, 2.75) is 32.7 Å². The fourth-order valence-electron chi connectivity index (χ4n) is 1.68. The van der Waals surface area contributed by atoms with Gasteiger partial charge in [0.25, 0.3) is 0 Å². The first-order chi connectivity index (χ1) is 8.90. The van der Waals surface area contributed by atoms with Crippen molar-refractivity contribution in [2.24, 2.45) is 0 Å². The monoisotopic (exact) mass is 265 g/mol. The first kappa shape index (κ1) is 14.9. The van der Waals surface area contributed by atoms with Crippen molar-refractivity contribution >= 4 is 17.6 Å². The van der Waals surface area contributed by atoms with Gasteiger partial charge in [0, 0.05) is 18.3 Å². The van der Waals surface area contributed by atoms with Crippen molar-refractivity contribution in [2.75, 3.05) is 12.3 Å². The van der Waals surface area contributed by atoms with Crippen LogP contribution in [-0.4, -0.2) is 39.5 Å². The van der Waals surface area contributed by atoms with Gasteiger partial charge in [-0.15, -0.1) is 0 Å². The molecule has 0 saturated carbocycles. The van der Waals surface area contributed by atoms with Crippen LogP contribution in [0.5, 0.6) is 0 Å². The molecule has 1 heterocycles. The number of nitrogen functional groups attached to an aromatic ring is 1. The Morgan fingerprint density at radius 1 is 1.42 bits per heavy atom. The van der Waals surface area contributed by atoms with Gasteiger partial charge in [-0.2, -0.15) is 0 Å². The SMILES string of the molecule is CC(C)N(CCC(=O)O)C(=O)Cc1ccc(N)cn1. The maximum Gasteiger partial charge on any atom is 0.305 e. The molecule has 0 spiro atoms. The van der Waals surface area contributed by atoms with E-state index in [2.05, 4.69) is 4.98 Å². The quantitative estimate of drug-likeness (QED) is 0.797. The topological polar surface area (TPSA) is 96.5 Å². The second-order valence-electron chi connectivity index (χ2n) is 4.58. The Morgan fingerprint density at radius 2 is 2.11 bits per heavy atom. The van der Waals surface area contributed by atoms with Gasteiger partial charge in [-0.1, -0.05) is 0 Å². The molecule has 6 nitrogen and oxygen atoms in total. The van der Waals surface area contributed by atoms with E-state index in [1.807, 2.05) is 13.8 Å². The van der Waals surface area contributed by atoms with Crippen LogP contribution in [0.25, 0.3) is 0 Å². The average Bonchev–Trinajstić information content (AvgIpc) is 2.31. The highest BCUT2D eigenvalue weighted by Crippen LogP contribution is 2.07. The number of aromatic nitrogens is 1. The zero-order valence-electron chi connectivity index (χ0n) is 11.2. The fourth-order valence-corrected chi connectivity index (χ4v) is 1.68. The average molecular weight is 265 g/mol. The number of carbonyl (C=O) groups is 2. The summed E-state index contributed by atoms with van der Waals surface area (Å²) in [5.74, 6) is -1.04. The van der Waals surface area contributed by atoms with Crippen molar-refractivity contribution in [1.29, 1.82) is 0 Å². The molecule has 1 aromatic rings. The number of amides is 1. The fraction of sp³-hybridized carbons (Fsp3) is 0.462. The lowest BCUT2D eigenvalue weighted by molar-refractivity contribution is -0.139. The smallest absolute Gasteiger partial charge is 0.305 e. The lowest BCUT2D eigenvalue weighted by atomic mass is 10.2. The first-order valence-corrected chi connectivity index (χ1v) is 6.12. The van der Waals surface area contributed by atoms with Gasteiger partial charge < -0.3 is 15.7 Å². The maximum absolute atomic E-state index is 12.1. The molecule has 3 N–H and O–H groups in total. The Morgan fingerprint density at radius 3 is 2.58 bits per heavy atom. The number of aliphatic carboxylic acids is 1. The summed E-state index contributed by atoms with van der Waals surface area (Å²) in [4.78, 5) is 28.3. The van der Waals surface area contributed by atoms with Crippen LogP contribution in [-0.2, 0) is 16.0 Å². The molecular weight excluding hydrogens is 246 g/mol. The van der Waals surface area contributed by atoms with Gasteiger partial charge in [-0.3, -0.25) is 14.6 Å². The second-order valence-corrected chi connectivity index (χ2v) is 4.58. The molecule has 0 fully saturated rings. The molecule has 1 amide bonds. The Labute approximate surface area is 112 Å². The Hall–Kier alpha value is -2.11. The number of hydrogen-bond acceptors (Lipinski definition) is 4. The van der Waals surface area contributed by atoms with Gasteiger partial charge in [0.05, 0.1) is 24.7 Å². The highest BCUT2D eigenvalue weighted by molar-refractivity contribution is 5.79. The highest BCUT2D eigenvalue weighted by Gasteiger charge is 2.18. The van der Waals surface area contributed by atoms with E-state index in [0.29, 0.717) is 11.4 Å². The maximum atomic E-state index is 12.1. The van der Waals surface area contributed by atoms with E-state index >= 15 is 0 Å². The molecule has 1 rings (SSSR count). The molecule has 0 saturated heterocycles. The lowest BCUT2D eigenvalue weighted by Crippen LogP contribution is -2.39. The number of nitrogens with zero attached hydrogens (tertiary/aromatic N) is 2. The molecule has 0 aliphatic carbocycles.